The molecule has 1 saturated heterocycles. The summed E-state index contributed by atoms with van der Waals surface area (Å²) in [4.78, 5) is 24.3. The largest absolute Gasteiger partial charge is 0.481 e. The van der Waals surface area contributed by atoms with Crippen molar-refractivity contribution in [1.29, 1.82) is 0 Å². The first-order valence-corrected chi connectivity index (χ1v) is 6.67. The van der Waals surface area contributed by atoms with Crippen LogP contribution in [0.3, 0.4) is 0 Å². The van der Waals surface area contributed by atoms with Gasteiger partial charge in [0.05, 0.1) is 12.0 Å². The SMILES string of the molecule is CC.CC(c1ccccc1)N1C[C@H](C(=O)O)CC1=O. The van der Waals surface area contributed by atoms with E-state index in [4.69, 9.17) is 5.11 Å². The van der Waals surface area contributed by atoms with Crippen molar-refractivity contribution in [2.24, 2.45) is 5.92 Å². The fourth-order valence-corrected chi connectivity index (χ4v) is 2.18. The van der Waals surface area contributed by atoms with E-state index in [0.29, 0.717) is 6.54 Å². The van der Waals surface area contributed by atoms with Crippen LogP contribution in [0.2, 0.25) is 0 Å². The van der Waals surface area contributed by atoms with Crippen molar-refractivity contribution >= 4 is 11.9 Å². The summed E-state index contributed by atoms with van der Waals surface area (Å²) >= 11 is 0. The third kappa shape index (κ3) is 3.56. The minimum absolute atomic E-state index is 0.0620. The monoisotopic (exact) mass is 263 g/mol. The van der Waals surface area contributed by atoms with Crippen molar-refractivity contribution < 1.29 is 14.7 Å². The van der Waals surface area contributed by atoms with Gasteiger partial charge in [0, 0.05) is 13.0 Å². The second kappa shape index (κ2) is 6.92. The molecule has 1 aliphatic heterocycles. The zero-order valence-electron chi connectivity index (χ0n) is 11.7. The van der Waals surface area contributed by atoms with E-state index in [9.17, 15) is 9.59 Å². The first kappa shape index (κ1) is 15.2. The van der Waals surface area contributed by atoms with Crippen molar-refractivity contribution in [2.45, 2.75) is 33.2 Å². The quantitative estimate of drug-likeness (QED) is 0.912. The van der Waals surface area contributed by atoms with Gasteiger partial charge in [-0.1, -0.05) is 44.2 Å². The summed E-state index contributed by atoms with van der Waals surface area (Å²) in [6, 6.07) is 9.59. The van der Waals surface area contributed by atoms with E-state index in [-0.39, 0.29) is 18.4 Å². The molecule has 4 heteroatoms. The summed E-state index contributed by atoms with van der Waals surface area (Å²) in [5, 5.41) is 8.92. The van der Waals surface area contributed by atoms with Gasteiger partial charge < -0.3 is 10.0 Å². The van der Waals surface area contributed by atoms with E-state index in [0.717, 1.165) is 5.56 Å². The molecule has 0 spiro atoms. The molecule has 1 N–H and O–H groups in total. The minimum Gasteiger partial charge on any atom is -0.481 e. The number of benzene rings is 1. The van der Waals surface area contributed by atoms with Crippen LogP contribution in [0.5, 0.6) is 0 Å². The zero-order chi connectivity index (χ0) is 14.4. The normalized spacial score (nSPS) is 19.6. The number of carbonyl (C=O) groups excluding carboxylic acids is 1. The number of carboxylic acids is 1. The van der Waals surface area contributed by atoms with Crippen molar-refractivity contribution in [3.63, 3.8) is 0 Å². The van der Waals surface area contributed by atoms with Crippen molar-refractivity contribution in [3.05, 3.63) is 35.9 Å². The zero-order valence-corrected chi connectivity index (χ0v) is 11.7. The molecule has 1 fully saturated rings. The lowest BCUT2D eigenvalue weighted by atomic mass is 10.1. The Kier molecular flexibility index (Phi) is 5.55. The molecule has 1 amide bonds. The molecule has 0 radical (unpaired) electrons. The Morgan fingerprint density at radius 3 is 2.37 bits per heavy atom. The van der Waals surface area contributed by atoms with E-state index >= 15 is 0 Å². The molecular weight excluding hydrogens is 242 g/mol. The lowest BCUT2D eigenvalue weighted by Gasteiger charge is -2.24. The molecular formula is C15H21NO3. The molecule has 4 nitrogen and oxygen atoms in total. The molecule has 104 valence electrons. The van der Waals surface area contributed by atoms with E-state index < -0.39 is 11.9 Å². The fourth-order valence-electron chi connectivity index (χ4n) is 2.18. The van der Waals surface area contributed by atoms with Gasteiger partial charge >= 0.3 is 5.97 Å². The third-order valence-electron chi connectivity index (χ3n) is 3.26. The molecule has 1 aromatic carbocycles. The maximum atomic E-state index is 11.8. The van der Waals surface area contributed by atoms with E-state index in [2.05, 4.69) is 0 Å². The van der Waals surface area contributed by atoms with E-state index in [1.54, 1.807) is 4.90 Å². The Hall–Kier alpha value is -1.84. The van der Waals surface area contributed by atoms with Crippen LogP contribution >= 0.6 is 0 Å². The lowest BCUT2D eigenvalue weighted by molar-refractivity contribution is -0.141. The van der Waals surface area contributed by atoms with Gasteiger partial charge in [-0.2, -0.15) is 0 Å². The smallest absolute Gasteiger partial charge is 0.308 e. The average molecular weight is 263 g/mol. The molecule has 19 heavy (non-hydrogen) atoms. The first-order chi connectivity index (χ1) is 9.09. The molecule has 0 aromatic heterocycles. The number of nitrogens with zero attached hydrogens (tertiary/aromatic N) is 1. The highest BCUT2D eigenvalue weighted by molar-refractivity contribution is 5.86. The second-order valence-corrected chi connectivity index (χ2v) is 4.37. The number of carbonyl (C=O) groups is 2. The van der Waals surface area contributed by atoms with Crippen LogP contribution in [-0.2, 0) is 9.59 Å². The van der Waals surface area contributed by atoms with Gasteiger partial charge in [-0.15, -0.1) is 0 Å². The van der Waals surface area contributed by atoms with Crippen LogP contribution in [0.4, 0.5) is 0 Å². The molecule has 1 aromatic rings. The third-order valence-corrected chi connectivity index (χ3v) is 3.26. The highest BCUT2D eigenvalue weighted by Crippen LogP contribution is 2.28. The summed E-state index contributed by atoms with van der Waals surface area (Å²) in [5.74, 6) is -1.52. The molecule has 1 heterocycles. The number of hydrogen-bond acceptors (Lipinski definition) is 2. The van der Waals surface area contributed by atoms with Gasteiger partial charge in [0.1, 0.15) is 0 Å². The molecule has 0 saturated carbocycles. The van der Waals surface area contributed by atoms with Crippen LogP contribution in [0.1, 0.15) is 38.8 Å². The van der Waals surface area contributed by atoms with Crippen molar-refractivity contribution in [3.8, 4) is 0 Å². The van der Waals surface area contributed by atoms with Gasteiger partial charge in [0.2, 0.25) is 5.91 Å². The van der Waals surface area contributed by atoms with E-state index in [1.807, 2.05) is 51.1 Å². The number of likely N-dealkylation sites (tertiary alicyclic amines) is 1. The number of carboxylic acid groups (broad SMARTS) is 1. The first-order valence-electron chi connectivity index (χ1n) is 6.67. The van der Waals surface area contributed by atoms with Crippen LogP contribution in [0.25, 0.3) is 0 Å². The van der Waals surface area contributed by atoms with Crippen LogP contribution < -0.4 is 0 Å². The Morgan fingerprint density at radius 2 is 1.89 bits per heavy atom. The summed E-state index contributed by atoms with van der Waals surface area (Å²) < 4.78 is 0. The lowest BCUT2D eigenvalue weighted by Crippen LogP contribution is -2.29. The topological polar surface area (TPSA) is 57.6 Å². The van der Waals surface area contributed by atoms with Crippen LogP contribution in [0, 0.1) is 5.92 Å². The van der Waals surface area contributed by atoms with Crippen molar-refractivity contribution in [1.82, 2.24) is 4.90 Å². The van der Waals surface area contributed by atoms with Gasteiger partial charge in [-0.05, 0) is 12.5 Å². The molecule has 0 bridgehead atoms. The molecule has 0 aliphatic carbocycles. The predicted octanol–water partition coefficient (Wildman–Crippen LogP) is 2.71. The Morgan fingerprint density at radius 1 is 1.32 bits per heavy atom. The Bertz CT molecular complexity index is 430. The average Bonchev–Trinajstić information content (AvgIpc) is 2.83. The maximum absolute atomic E-state index is 11.8. The summed E-state index contributed by atoms with van der Waals surface area (Å²) in [5.41, 5.74) is 1.03. The van der Waals surface area contributed by atoms with Gasteiger partial charge in [0.15, 0.2) is 0 Å². The van der Waals surface area contributed by atoms with Gasteiger partial charge in [-0.3, -0.25) is 9.59 Å². The summed E-state index contributed by atoms with van der Waals surface area (Å²) in [7, 11) is 0. The summed E-state index contributed by atoms with van der Waals surface area (Å²) in [6.45, 7) is 6.24. The highest BCUT2D eigenvalue weighted by atomic mass is 16.4. The fraction of sp³-hybridized carbons (Fsp3) is 0.467. The minimum atomic E-state index is -0.888. The predicted molar refractivity (Wildman–Crippen MR) is 73.7 cm³/mol. The number of amides is 1. The second-order valence-electron chi connectivity index (χ2n) is 4.37. The van der Waals surface area contributed by atoms with Gasteiger partial charge in [-0.25, -0.2) is 0 Å². The Balaban J connectivity index is 0.000000861. The molecule has 1 aliphatic rings. The molecule has 1 unspecified atom stereocenters. The van der Waals surface area contributed by atoms with Gasteiger partial charge in [0.25, 0.3) is 0 Å². The summed E-state index contributed by atoms with van der Waals surface area (Å²) in [6.07, 6.45) is 0.118. The highest BCUT2D eigenvalue weighted by Gasteiger charge is 2.36. The molecule has 2 rings (SSSR count). The van der Waals surface area contributed by atoms with Crippen LogP contribution in [0.15, 0.2) is 30.3 Å². The van der Waals surface area contributed by atoms with Crippen LogP contribution in [-0.4, -0.2) is 28.4 Å². The Labute approximate surface area is 114 Å². The number of rotatable bonds is 3. The number of aliphatic carboxylic acids is 1. The van der Waals surface area contributed by atoms with Crippen molar-refractivity contribution in [2.75, 3.05) is 6.54 Å². The van der Waals surface area contributed by atoms with E-state index in [1.165, 1.54) is 0 Å². The number of hydrogen-bond donors (Lipinski definition) is 1. The standard InChI is InChI=1S/C13H15NO3.C2H6/c1-9(10-5-3-2-4-6-10)14-8-11(13(16)17)7-12(14)15;1-2/h2-6,9,11H,7-8H2,1H3,(H,16,17);1-2H3/t9?,11-;/m1./s1. The molecule has 2 atom stereocenters. The maximum Gasteiger partial charge on any atom is 0.308 e.